The molecule has 0 fully saturated rings. The maximum absolute atomic E-state index is 10.1. The van der Waals surface area contributed by atoms with Crippen LogP contribution in [0.4, 0.5) is 0 Å². The Morgan fingerprint density at radius 3 is 2.36 bits per heavy atom. The van der Waals surface area contributed by atoms with Crippen molar-refractivity contribution < 1.29 is 23.0 Å². The van der Waals surface area contributed by atoms with Crippen molar-refractivity contribution in [3.8, 4) is 0 Å². The average molecular weight is 183 g/mol. The predicted molar refractivity (Wildman–Crippen MR) is 35.6 cm³/mol. The van der Waals surface area contributed by atoms with Crippen LogP contribution in [0.25, 0.3) is 0 Å². The molecule has 0 bridgehead atoms. The van der Waals surface area contributed by atoms with Crippen LogP contribution in [0.1, 0.15) is 6.42 Å². The Labute approximate surface area is 64.1 Å². The lowest BCUT2D eigenvalue weighted by atomic mass is 10.5. The standard InChI is InChI=1S/C4H9NO5S/c6-4-5(7)2-1-3-11(8,9)10/h4,7H,1-3H2,(H,8,9,10). The molecule has 0 aromatic carbocycles. The van der Waals surface area contributed by atoms with Crippen LogP contribution in [0.3, 0.4) is 0 Å². The topological polar surface area (TPSA) is 94.9 Å². The molecule has 0 heterocycles. The fourth-order valence-corrected chi connectivity index (χ4v) is 0.956. The first-order valence-corrected chi connectivity index (χ1v) is 4.42. The van der Waals surface area contributed by atoms with Gasteiger partial charge in [0.15, 0.2) is 0 Å². The Balaban J connectivity index is 3.51. The molecule has 0 saturated heterocycles. The molecule has 0 rings (SSSR count). The Bertz CT molecular complexity index is 211. The summed E-state index contributed by atoms with van der Waals surface area (Å²) in [6.45, 7) is -0.108. The molecule has 6 nitrogen and oxygen atoms in total. The summed E-state index contributed by atoms with van der Waals surface area (Å²) in [4.78, 5) is 9.72. The van der Waals surface area contributed by atoms with Crippen LogP contribution in [0.2, 0.25) is 0 Å². The smallest absolute Gasteiger partial charge is 0.264 e. The number of hydrogen-bond acceptors (Lipinski definition) is 4. The van der Waals surface area contributed by atoms with Gasteiger partial charge in [-0.15, -0.1) is 0 Å². The van der Waals surface area contributed by atoms with Crippen molar-refractivity contribution in [2.24, 2.45) is 0 Å². The number of hydrogen-bond donors (Lipinski definition) is 2. The minimum Gasteiger partial charge on any atom is -0.286 e. The number of rotatable bonds is 5. The molecule has 0 aliphatic carbocycles. The Hall–Kier alpha value is -0.660. The Kier molecular flexibility index (Phi) is 4.01. The molecule has 0 saturated carbocycles. The molecule has 0 radical (unpaired) electrons. The van der Waals surface area contributed by atoms with Gasteiger partial charge in [-0.2, -0.15) is 8.42 Å². The van der Waals surface area contributed by atoms with Gasteiger partial charge in [0.2, 0.25) is 6.41 Å². The third kappa shape index (κ3) is 7.23. The van der Waals surface area contributed by atoms with Gasteiger partial charge >= 0.3 is 0 Å². The molecule has 1 amide bonds. The van der Waals surface area contributed by atoms with E-state index in [0.717, 1.165) is 0 Å². The second-order valence-corrected chi connectivity index (χ2v) is 3.48. The molecule has 0 unspecified atom stereocenters. The van der Waals surface area contributed by atoms with Crippen molar-refractivity contribution in [3.63, 3.8) is 0 Å². The van der Waals surface area contributed by atoms with E-state index in [0.29, 0.717) is 5.06 Å². The highest BCUT2D eigenvalue weighted by molar-refractivity contribution is 7.85. The number of nitrogens with zero attached hydrogens (tertiary/aromatic N) is 1. The van der Waals surface area contributed by atoms with Gasteiger partial charge in [-0.25, -0.2) is 5.06 Å². The summed E-state index contributed by atoms with van der Waals surface area (Å²) in [6.07, 6.45) is 0.165. The largest absolute Gasteiger partial charge is 0.286 e. The van der Waals surface area contributed by atoms with Crippen LogP contribution in [0, 0.1) is 0 Å². The lowest BCUT2D eigenvalue weighted by Gasteiger charge is -2.05. The van der Waals surface area contributed by atoms with Crippen molar-refractivity contribution in [3.05, 3.63) is 0 Å². The molecule has 0 aliphatic heterocycles. The van der Waals surface area contributed by atoms with Gasteiger partial charge in [0, 0.05) is 6.54 Å². The third-order valence-corrected chi connectivity index (χ3v) is 1.72. The van der Waals surface area contributed by atoms with Gasteiger partial charge in [-0.1, -0.05) is 0 Å². The Morgan fingerprint density at radius 1 is 1.45 bits per heavy atom. The number of amides is 1. The zero-order valence-electron chi connectivity index (χ0n) is 5.67. The highest BCUT2D eigenvalue weighted by Gasteiger charge is 2.04. The van der Waals surface area contributed by atoms with E-state index in [4.69, 9.17) is 9.76 Å². The SMILES string of the molecule is O=CN(O)CCCS(=O)(=O)O. The van der Waals surface area contributed by atoms with E-state index in [1.807, 2.05) is 0 Å². The van der Waals surface area contributed by atoms with E-state index in [1.54, 1.807) is 0 Å². The normalized spacial score (nSPS) is 11.1. The summed E-state index contributed by atoms with van der Waals surface area (Å²) in [6, 6.07) is 0. The molecule has 0 aliphatic rings. The zero-order chi connectivity index (χ0) is 8.91. The average Bonchev–Trinajstić information content (AvgIpc) is 1.85. The third-order valence-electron chi connectivity index (χ3n) is 0.911. The lowest BCUT2D eigenvalue weighted by Crippen LogP contribution is -2.20. The van der Waals surface area contributed by atoms with Crippen molar-refractivity contribution in [2.45, 2.75) is 6.42 Å². The van der Waals surface area contributed by atoms with E-state index < -0.39 is 15.9 Å². The van der Waals surface area contributed by atoms with Crippen LogP contribution in [-0.2, 0) is 14.9 Å². The molecule has 0 aromatic rings. The van der Waals surface area contributed by atoms with E-state index in [-0.39, 0.29) is 19.4 Å². The van der Waals surface area contributed by atoms with Gasteiger partial charge in [-0.3, -0.25) is 14.6 Å². The monoisotopic (exact) mass is 183 g/mol. The van der Waals surface area contributed by atoms with Crippen LogP contribution in [-0.4, -0.2) is 41.9 Å². The van der Waals surface area contributed by atoms with Crippen LogP contribution >= 0.6 is 0 Å². The molecular formula is C4H9NO5S. The fourth-order valence-electron chi connectivity index (χ4n) is 0.462. The first-order chi connectivity index (χ1) is 4.95. The van der Waals surface area contributed by atoms with E-state index in [2.05, 4.69) is 0 Å². The predicted octanol–water partition coefficient (Wildman–Crippen LogP) is -0.888. The zero-order valence-corrected chi connectivity index (χ0v) is 6.49. The van der Waals surface area contributed by atoms with E-state index in [1.165, 1.54) is 0 Å². The van der Waals surface area contributed by atoms with Gasteiger partial charge < -0.3 is 0 Å². The molecular weight excluding hydrogens is 174 g/mol. The summed E-state index contributed by atoms with van der Waals surface area (Å²) in [5, 5.41) is 8.75. The molecule has 2 N–H and O–H groups in total. The number of hydroxylamine groups is 2. The van der Waals surface area contributed by atoms with Gasteiger partial charge in [0.25, 0.3) is 10.1 Å². The number of carbonyl (C=O) groups excluding carboxylic acids is 1. The van der Waals surface area contributed by atoms with Crippen molar-refractivity contribution in [2.75, 3.05) is 12.3 Å². The van der Waals surface area contributed by atoms with Crippen molar-refractivity contribution >= 4 is 16.5 Å². The maximum atomic E-state index is 10.1. The van der Waals surface area contributed by atoms with Crippen LogP contribution in [0.15, 0.2) is 0 Å². The molecule has 0 atom stereocenters. The van der Waals surface area contributed by atoms with Gasteiger partial charge in [0.05, 0.1) is 5.75 Å². The number of carbonyl (C=O) groups is 1. The van der Waals surface area contributed by atoms with E-state index in [9.17, 15) is 13.2 Å². The Morgan fingerprint density at radius 2 is 2.00 bits per heavy atom. The molecule has 0 aromatic heterocycles. The molecule has 0 spiro atoms. The van der Waals surface area contributed by atoms with Crippen LogP contribution in [0.5, 0.6) is 0 Å². The molecule has 11 heavy (non-hydrogen) atoms. The summed E-state index contributed by atoms with van der Waals surface area (Å²) >= 11 is 0. The first kappa shape index (κ1) is 10.3. The maximum Gasteiger partial charge on any atom is 0.264 e. The second kappa shape index (κ2) is 4.27. The molecule has 66 valence electrons. The first-order valence-electron chi connectivity index (χ1n) is 2.81. The summed E-state index contributed by atoms with van der Waals surface area (Å²) in [7, 11) is -3.98. The minimum atomic E-state index is -3.98. The highest BCUT2D eigenvalue weighted by Crippen LogP contribution is 1.89. The van der Waals surface area contributed by atoms with Gasteiger partial charge in [0.1, 0.15) is 0 Å². The quantitative estimate of drug-likeness (QED) is 0.249. The van der Waals surface area contributed by atoms with Crippen molar-refractivity contribution in [1.29, 1.82) is 0 Å². The summed E-state index contributed by atoms with van der Waals surface area (Å²) in [5.41, 5.74) is 0. The minimum absolute atomic E-state index is 0.00801. The summed E-state index contributed by atoms with van der Waals surface area (Å²) < 4.78 is 28.3. The van der Waals surface area contributed by atoms with E-state index >= 15 is 0 Å². The highest BCUT2D eigenvalue weighted by atomic mass is 32.2. The van der Waals surface area contributed by atoms with Gasteiger partial charge in [-0.05, 0) is 6.42 Å². The lowest BCUT2D eigenvalue weighted by molar-refractivity contribution is -0.149. The second-order valence-electron chi connectivity index (χ2n) is 1.91. The summed E-state index contributed by atoms with van der Waals surface area (Å²) in [5.74, 6) is -0.460. The van der Waals surface area contributed by atoms with Crippen molar-refractivity contribution in [1.82, 2.24) is 5.06 Å². The van der Waals surface area contributed by atoms with Crippen LogP contribution < -0.4 is 0 Å². The molecule has 7 heteroatoms. The fraction of sp³-hybridized carbons (Fsp3) is 0.750.